The Labute approximate surface area is 139 Å². The predicted molar refractivity (Wildman–Crippen MR) is 87.7 cm³/mol. The van der Waals surface area contributed by atoms with Crippen LogP contribution in [0.1, 0.15) is 0 Å². The molecule has 2 aromatic rings. The highest BCUT2D eigenvalue weighted by molar-refractivity contribution is 5.87. The number of nitrogens with zero attached hydrogens (tertiary/aromatic N) is 6. The number of fused-ring (bicyclic) bond motifs is 2. The van der Waals surface area contributed by atoms with E-state index >= 15 is 0 Å². The van der Waals surface area contributed by atoms with E-state index in [0.717, 1.165) is 25.2 Å². The summed E-state index contributed by atoms with van der Waals surface area (Å²) in [6.45, 7) is 3.29. The third-order valence-electron chi connectivity index (χ3n) is 4.87. The summed E-state index contributed by atoms with van der Waals surface area (Å²) in [7, 11) is 3.95. The van der Waals surface area contributed by atoms with E-state index in [4.69, 9.17) is 4.74 Å². The Bertz CT molecular complexity index is 748. The van der Waals surface area contributed by atoms with E-state index in [-0.39, 0.29) is 18.6 Å². The molecule has 9 heteroatoms. The molecule has 9 nitrogen and oxygen atoms in total. The molecule has 2 atom stereocenters. The molecule has 0 unspecified atom stereocenters. The number of rotatable bonds is 3. The second-order valence-corrected chi connectivity index (χ2v) is 6.41. The number of aromatic amines is 1. The van der Waals surface area contributed by atoms with Gasteiger partial charge < -0.3 is 19.5 Å². The summed E-state index contributed by atoms with van der Waals surface area (Å²) >= 11 is 0. The number of nitrogens with one attached hydrogen (secondary N) is 1. The molecule has 4 rings (SSSR count). The molecule has 2 aliphatic heterocycles. The summed E-state index contributed by atoms with van der Waals surface area (Å²) in [5.41, 5.74) is 1.34. The summed E-state index contributed by atoms with van der Waals surface area (Å²) in [4.78, 5) is 34.2. The van der Waals surface area contributed by atoms with Crippen molar-refractivity contribution in [1.82, 2.24) is 29.7 Å². The molecule has 2 saturated heterocycles. The van der Waals surface area contributed by atoms with Crippen molar-refractivity contribution in [2.45, 2.75) is 12.1 Å². The van der Waals surface area contributed by atoms with Gasteiger partial charge in [0.25, 0.3) is 0 Å². The average Bonchev–Trinajstić information content (AvgIpc) is 3.21. The largest absolute Gasteiger partial charge is 0.373 e. The van der Waals surface area contributed by atoms with Gasteiger partial charge in [0, 0.05) is 26.7 Å². The molecule has 0 aromatic carbocycles. The Morgan fingerprint density at radius 2 is 2.29 bits per heavy atom. The molecule has 4 heterocycles. The van der Waals surface area contributed by atoms with Gasteiger partial charge in [-0.15, -0.1) is 0 Å². The number of hydrogen-bond acceptors (Lipinski definition) is 7. The maximum Gasteiger partial charge on any atom is 0.242 e. The first-order valence-corrected chi connectivity index (χ1v) is 8.08. The monoisotopic (exact) mass is 331 g/mol. The van der Waals surface area contributed by atoms with Crippen molar-refractivity contribution in [3.63, 3.8) is 0 Å². The number of ether oxygens (including phenoxy) is 1. The fraction of sp³-hybridized carbons (Fsp3) is 0.600. The summed E-state index contributed by atoms with van der Waals surface area (Å²) in [6, 6.07) is 0.298. The van der Waals surface area contributed by atoms with Crippen LogP contribution >= 0.6 is 0 Å². The molecule has 2 aromatic heterocycles. The summed E-state index contributed by atoms with van der Waals surface area (Å²) < 4.78 is 5.81. The van der Waals surface area contributed by atoms with Crippen LogP contribution in [0.25, 0.3) is 11.2 Å². The van der Waals surface area contributed by atoms with E-state index in [1.165, 1.54) is 6.33 Å². The second kappa shape index (κ2) is 5.99. The van der Waals surface area contributed by atoms with E-state index in [1.807, 2.05) is 16.8 Å². The zero-order valence-electron chi connectivity index (χ0n) is 13.8. The topological polar surface area (TPSA) is 90.5 Å². The minimum Gasteiger partial charge on any atom is -0.373 e. The smallest absolute Gasteiger partial charge is 0.242 e. The number of aromatic nitrogens is 4. The van der Waals surface area contributed by atoms with Crippen molar-refractivity contribution in [2.24, 2.45) is 0 Å². The van der Waals surface area contributed by atoms with Crippen LogP contribution in [0.5, 0.6) is 0 Å². The second-order valence-electron chi connectivity index (χ2n) is 6.41. The molecule has 0 radical (unpaired) electrons. The van der Waals surface area contributed by atoms with Crippen LogP contribution in [0.3, 0.4) is 0 Å². The first-order valence-electron chi connectivity index (χ1n) is 8.08. The number of likely N-dealkylation sites (N-methyl/N-ethyl adjacent to an activating group) is 2. The molecule has 0 aliphatic carbocycles. The Morgan fingerprint density at radius 3 is 3.12 bits per heavy atom. The van der Waals surface area contributed by atoms with Gasteiger partial charge >= 0.3 is 0 Å². The molecule has 128 valence electrons. The number of hydrogen-bond donors (Lipinski definition) is 1. The predicted octanol–water partition coefficient (Wildman–Crippen LogP) is -0.669. The standard InChI is InChI=1S/C15H21N7O2/c1-20-3-4-24-11-6-22(5-10(11)20)12(23)7-21(2)15-13-14(17-8-16-13)18-9-19-15/h8-11H,3-7H2,1-2H3,(H,16,17,18,19)/t10-,11+/m0/s1. The summed E-state index contributed by atoms with van der Waals surface area (Å²) in [5.74, 6) is 0.756. The Hall–Kier alpha value is -2.26. The third-order valence-corrected chi connectivity index (χ3v) is 4.87. The van der Waals surface area contributed by atoms with Crippen LogP contribution in [0.2, 0.25) is 0 Å². The normalized spacial score (nSPS) is 24.3. The maximum absolute atomic E-state index is 12.7. The number of carbonyl (C=O) groups excluding carboxylic acids is 1. The van der Waals surface area contributed by atoms with Gasteiger partial charge in [-0.25, -0.2) is 15.0 Å². The molecule has 0 saturated carbocycles. The SMILES string of the molecule is CN(CC(=O)N1C[C@H]2OCCN(C)[C@H]2C1)c1ncnc2nc[nH]c12. The lowest BCUT2D eigenvalue weighted by molar-refractivity contribution is -0.129. The van der Waals surface area contributed by atoms with E-state index in [9.17, 15) is 4.79 Å². The quantitative estimate of drug-likeness (QED) is 0.798. The van der Waals surface area contributed by atoms with Gasteiger partial charge in [-0.1, -0.05) is 0 Å². The molecule has 1 N–H and O–H groups in total. The minimum absolute atomic E-state index is 0.0789. The average molecular weight is 331 g/mol. The number of morpholine rings is 1. The number of carbonyl (C=O) groups is 1. The summed E-state index contributed by atoms with van der Waals surface area (Å²) in [5, 5.41) is 0. The minimum atomic E-state index is 0.0789. The number of anilines is 1. The fourth-order valence-corrected chi connectivity index (χ4v) is 3.48. The number of H-pyrrole nitrogens is 1. The van der Waals surface area contributed by atoms with E-state index < -0.39 is 0 Å². The number of amides is 1. The highest BCUT2D eigenvalue weighted by Crippen LogP contribution is 2.23. The first kappa shape index (κ1) is 15.3. The molecule has 0 bridgehead atoms. The van der Waals surface area contributed by atoms with Crippen LogP contribution in [-0.2, 0) is 9.53 Å². The third kappa shape index (κ3) is 2.59. The van der Waals surface area contributed by atoms with Gasteiger partial charge in [-0.05, 0) is 7.05 Å². The lowest BCUT2D eigenvalue weighted by Gasteiger charge is -2.33. The Kier molecular flexibility index (Phi) is 3.81. The van der Waals surface area contributed by atoms with Crippen molar-refractivity contribution in [3.05, 3.63) is 12.7 Å². The lowest BCUT2D eigenvalue weighted by Crippen LogP contribution is -2.48. The van der Waals surface area contributed by atoms with Crippen molar-refractivity contribution >= 4 is 22.9 Å². The van der Waals surface area contributed by atoms with Gasteiger partial charge in [0.05, 0.1) is 31.6 Å². The zero-order chi connectivity index (χ0) is 16.7. The molecule has 24 heavy (non-hydrogen) atoms. The molecular weight excluding hydrogens is 310 g/mol. The van der Waals surface area contributed by atoms with Gasteiger partial charge in [0.2, 0.25) is 5.91 Å². The highest BCUT2D eigenvalue weighted by Gasteiger charge is 2.40. The Morgan fingerprint density at radius 1 is 1.42 bits per heavy atom. The number of imidazole rings is 1. The molecule has 2 fully saturated rings. The van der Waals surface area contributed by atoms with Crippen molar-refractivity contribution in [1.29, 1.82) is 0 Å². The number of likely N-dealkylation sites (tertiary alicyclic amines) is 1. The summed E-state index contributed by atoms with van der Waals surface area (Å²) in [6.07, 6.45) is 3.17. The van der Waals surface area contributed by atoms with Crippen LogP contribution in [0, 0.1) is 0 Å². The van der Waals surface area contributed by atoms with Crippen LogP contribution in [0.4, 0.5) is 5.82 Å². The molecule has 2 aliphatic rings. The van der Waals surface area contributed by atoms with Gasteiger partial charge in [0.1, 0.15) is 11.8 Å². The van der Waals surface area contributed by atoms with Crippen molar-refractivity contribution < 1.29 is 9.53 Å². The molecule has 1 amide bonds. The first-order chi connectivity index (χ1) is 11.6. The van der Waals surface area contributed by atoms with Crippen molar-refractivity contribution in [3.8, 4) is 0 Å². The molecule has 0 spiro atoms. The van der Waals surface area contributed by atoms with E-state index in [0.29, 0.717) is 24.1 Å². The zero-order valence-corrected chi connectivity index (χ0v) is 13.8. The van der Waals surface area contributed by atoms with E-state index in [1.54, 1.807) is 6.33 Å². The fourth-order valence-electron chi connectivity index (χ4n) is 3.48. The highest BCUT2D eigenvalue weighted by atomic mass is 16.5. The van der Waals surface area contributed by atoms with Gasteiger partial charge in [-0.2, -0.15) is 0 Å². The van der Waals surface area contributed by atoms with Gasteiger partial charge in [-0.3, -0.25) is 9.69 Å². The van der Waals surface area contributed by atoms with Crippen molar-refractivity contribution in [2.75, 3.05) is 51.8 Å². The van der Waals surface area contributed by atoms with Crippen LogP contribution in [0.15, 0.2) is 12.7 Å². The van der Waals surface area contributed by atoms with E-state index in [2.05, 4.69) is 31.9 Å². The maximum atomic E-state index is 12.7. The molecular formula is C15H21N7O2. The van der Waals surface area contributed by atoms with Crippen LogP contribution in [-0.4, -0.2) is 94.7 Å². The van der Waals surface area contributed by atoms with Gasteiger partial charge in [0.15, 0.2) is 11.5 Å². The van der Waals surface area contributed by atoms with Crippen LogP contribution < -0.4 is 4.90 Å². The lowest BCUT2D eigenvalue weighted by atomic mass is 10.1. The Balaban J connectivity index is 1.45.